The van der Waals surface area contributed by atoms with Gasteiger partial charge in [-0.3, -0.25) is 0 Å². The number of hydrogen-bond acceptors (Lipinski definition) is 1. The Balaban J connectivity index is 2.71. The van der Waals surface area contributed by atoms with Gasteiger partial charge in [0.05, 0.1) is 0 Å². The van der Waals surface area contributed by atoms with Crippen LogP contribution in [0.5, 0.6) is 0 Å². The first-order valence-electron chi connectivity index (χ1n) is 6.91. The summed E-state index contributed by atoms with van der Waals surface area (Å²) in [6.07, 6.45) is -7.10. The van der Waals surface area contributed by atoms with E-state index in [0.29, 0.717) is 5.56 Å². The summed E-state index contributed by atoms with van der Waals surface area (Å²) >= 11 is 0. The summed E-state index contributed by atoms with van der Waals surface area (Å²) in [6.45, 7) is 7.64. The van der Waals surface area contributed by atoms with E-state index in [9.17, 15) is 18.3 Å². The molecule has 2 aliphatic carbocycles. The van der Waals surface area contributed by atoms with Gasteiger partial charge < -0.3 is 5.11 Å². The van der Waals surface area contributed by atoms with E-state index in [1.807, 2.05) is 32.0 Å². The van der Waals surface area contributed by atoms with E-state index >= 15 is 0 Å². The number of hydrogen-bond donors (Lipinski definition) is 1. The van der Waals surface area contributed by atoms with Crippen molar-refractivity contribution in [3.8, 4) is 11.1 Å². The fraction of sp³-hybridized carbons (Fsp3) is 0.412. The minimum absolute atomic E-state index is 0.0570. The third-order valence-corrected chi connectivity index (χ3v) is 3.86. The number of rotatable bonds is 2. The van der Waals surface area contributed by atoms with Crippen molar-refractivity contribution >= 4 is 0 Å². The molecule has 0 aromatic heterocycles. The maximum atomic E-state index is 12.9. The van der Waals surface area contributed by atoms with Crippen LogP contribution in [-0.2, 0) is 0 Å². The van der Waals surface area contributed by atoms with E-state index in [1.165, 1.54) is 6.07 Å². The molecule has 1 nitrogen and oxygen atoms in total. The highest BCUT2D eigenvalue weighted by Crippen LogP contribution is 2.43. The molecular weight excluding hydrogens is 277 g/mol. The molecule has 21 heavy (non-hydrogen) atoms. The molecule has 1 N–H and O–H groups in total. The summed E-state index contributed by atoms with van der Waals surface area (Å²) in [6, 6.07) is 7.13. The van der Waals surface area contributed by atoms with Gasteiger partial charge in [0.25, 0.3) is 0 Å². The summed E-state index contributed by atoms with van der Waals surface area (Å²) in [5, 5.41) is 9.63. The lowest BCUT2D eigenvalue weighted by atomic mass is 9.99. The van der Waals surface area contributed by atoms with Crippen molar-refractivity contribution in [3.05, 3.63) is 46.5 Å². The normalized spacial score (nSPS) is 14.0. The van der Waals surface area contributed by atoms with Gasteiger partial charge in [-0.05, 0) is 53.1 Å². The van der Waals surface area contributed by atoms with Crippen LogP contribution >= 0.6 is 0 Å². The maximum Gasteiger partial charge on any atom is 0.418 e. The molecule has 1 atom stereocenters. The van der Waals surface area contributed by atoms with Gasteiger partial charge in [-0.15, -0.1) is 0 Å². The van der Waals surface area contributed by atoms with Crippen LogP contribution in [0, 0.1) is 13.8 Å². The summed E-state index contributed by atoms with van der Waals surface area (Å²) in [4.78, 5) is 0. The lowest BCUT2D eigenvalue weighted by Gasteiger charge is -2.15. The number of fused-ring (bicyclic) bond motifs is 1. The second-order valence-corrected chi connectivity index (χ2v) is 5.83. The molecule has 0 unspecified atom stereocenters. The van der Waals surface area contributed by atoms with E-state index in [-0.39, 0.29) is 11.5 Å². The Morgan fingerprint density at radius 1 is 1.00 bits per heavy atom. The van der Waals surface area contributed by atoms with Crippen LogP contribution in [0.3, 0.4) is 0 Å². The van der Waals surface area contributed by atoms with Crippen LogP contribution in [0.4, 0.5) is 13.2 Å². The highest BCUT2D eigenvalue weighted by Gasteiger charge is 2.41. The molecule has 0 radical (unpaired) electrons. The van der Waals surface area contributed by atoms with E-state index in [2.05, 4.69) is 0 Å². The molecule has 0 spiro atoms. The minimum Gasteiger partial charge on any atom is -0.379 e. The Bertz CT molecular complexity index is 629. The van der Waals surface area contributed by atoms with Crippen molar-refractivity contribution in [2.45, 2.75) is 45.9 Å². The summed E-state index contributed by atoms with van der Waals surface area (Å²) in [7, 11) is 0. The van der Waals surface area contributed by atoms with Gasteiger partial charge in [-0.1, -0.05) is 38.1 Å². The molecule has 0 amide bonds. The Morgan fingerprint density at radius 2 is 1.62 bits per heavy atom. The Morgan fingerprint density at radius 3 is 2.14 bits per heavy atom. The molecule has 4 heteroatoms. The average Bonchev–Trinajstić information content (AvgIpc) is 2.56. The van der Waals surface area contributed by atoms with Gasteiger partial charge >= 0.3 is 6.18 Å². The largest absolute Gasteiger partial charge is 0.418 e. The van der Waals surface area contributed by atoms with Gasteiger partial charge in [-0.2, -0.15) is 13.2 Å². The zero-order chi connectivity index (χ0) is 15.9. The molecule has 0 saturated carbocycles. The smallest absolute Gasteiger partial charge is 0.379 e. The van der Waals surface area contributed by atoms with Crippen molar-refractivity contribution in [2.75, 3.05) is 0 Å². The van der Waals surface area contributed by atoms with Crippen LogP contribution in [0.1, 0.15) is 48.1 Å². The van der Waals surface area contributed by atoms with E-state index in [1.54, 1.807) is 13.8 Å². The fourth-order valence-corrected chi connectivity index (χ4v) is 2.63. The monoisotopic (exact) mass is 296 g/mol. The lowest BCUT2D eigenvalue weighted by Crippen LogP contribution is -2.20. The van der Waals surface area contributed by atoms with Crippen LogP contribution in [0.15, 0.2) is 24.3 Å². The molecule has 0 heterocycles. The van der Waals surface area contributed by atoms with Crippen molar-refractivity contribution < 1.29 is 18.3 Å². The summed E-state index contributed by atoms with van der Waals surface area (Å²) < 4.78 is 38.6. The Kier molecular flexibility index (Phi) is 4.02. The number of aliphatic hydroxyl groups is 1. The highest BCUT2D eigenvalue weighted by molar-refractivity contribution is 5.78. The third-order valence-electron chi connectivity index (χ3n) is 3.86. The third kappa shape index (κ3) is 2.91. The van der Waals surface area contributed by atoms with Crippen molar-refractivity contribution in [3.63, 3.8) is 0 Å². The first-order chi connectivity index (χ1) is 9.62. The molecule has 0 saturated heterocycles. The second kappa shape index (κ2) is 5.34. The molecule has 114 valence electrons. The quantitative estimate of drug-likeness (QED) is 0.814. The van der Waals surface area contributed by atoms with Crippen LogP contribution in [0.2, 0.25) is 0 Å². The summed E-state index contributed by atoms with van der Waals surface area (Å²) in [5.41, 5.74) is 3.78. The first kappa shape index (κ1) is 15.8. The van der Waals surface area contributed by atoms with Crippen molar-refractivity contribution in [1.29, 1.82) is 0 Å². The molecule has 0 aliphatic heterocycles. The lowest BCUT2D eigenvalue weighted by molar-refractivity contribution is -0.206. The van der Waals surface area contributed by atoms with E-state index in [4.69, 9.17) is 0 Å². The Labute approximate surface area is 122 Å². The van der Waals surface area contributed by atoms with E-state index in [0.717, 1.165) is 22.3 Å². The van der Waals surface area contributed by atoms with Crippen molar-refractivity contribution in [2.24, 2.45) is 0 Å². The molecule has 2 aliphatic rings. The van der Waals surface area contributed by atoms with E-state index < -0.39 is 12.3 Å². The second-order valence-electron chi connectivity index (χ2n) is 5.83. The predicted octanol–water partition coefficient (Wildman–Crippen LogP) is 5.13. The van der Waals surface area contributed by atoms with Gasteiger partial charge in [-0.25, -0.2) is 0 Å². The fourth-order valence-electron chi connectivity index (χ4n) is 2.63. The van der Waals surface area contributed by atoms with Crippen LogP contribution < -0.4 is 0 Å². The number of alkyl halides is 3. The summed E-state index contributed by atoms with van der Waals surface area (Å²) in [5.74, 6) is 0.283. The molecule has 0 bridgehead atoms. The zero-order valence-corrected chi connectivity index (χ0v) is 12.5. The standard InChI is InChI=1S/C17H19F3O/c1-9(2)12-6-5-10(3)15-13(8-12)11(4)7-14(15)16(21)17(18,19)20/h5-9,16,21H,1-4H3/t16-/m1/s1. The Hall–Kier alpha value is -1.55. The molecule has 0 aromatic carbocycles. The van der Waals surface area contributed by atoms with Gasteiger partial charge in [0, 0.05) is 0 Å². The maximum absolute atomic E-state index is 12.9. The number of halogens is 3. The van der Waals surface area contributed by atoms with Gasteiger partial charge in [0.1, 0.15) is 0 Å². The van der Waals surface area contributed by atoms with Crippen molar-refractivity contribution in [1.82, 2.24) is 0 Å². The average molecular weight is 296 g/mol. The molecule has 0 fully saturated rings. The topological polar surface area (TPSA) is 20.2 Å². The van der Waals surface area contributed by atoms with Gasteiger partial charge in [0.2, 0.25) is 0 Å². The minimum atomic E-state index is -4.66. The zero-order valence-electron chi connectivity index (χ0n) is 12.5. The first-order valence-corrected chi connectivity index (χ1v) is 6.91. The molecule has 2 rings (SSSR count). The van der Waals surface area contributed by atoms with Crippen LogP contribution in [0.25, 0.3) is 11.1 Å². The SMILES string of the molecule is Cc1cc([C@@H](O)C(F)(F)F)c2c(C)ccc(C(C)C)cc1-2. The number of aryl methyl sites for hydroxylation is 2. The molecule has 0 aromatic rings. The van der Waals surface area contributed by atoms with Crippen LogP contribution in [-0.4, -0.2) is 11.3 Å². The molecular formula is C17H19F3O. The highest BCUT2D eigenvalue weighted by atomic mass is 19.4. The van der Waals surface area contributed by atoms with Gasteiger partial charge in [0.15, 0.2) is 6.10 Å². The number of aliphatic hydroxyl groups excluding tert-OH is 1. The predicted molar refractivity (Wildman–Crippen MR) is 77.6 cm³/mol.